The average Bonchev–Trinajstić information content (AvgIpc) is 3.13. The number of carbonyl (C=O) groups is 1. The topological polar surface area (TPSA) is 106 Å². The molecule has 7 heteroatoms. The van der Waals surface area contributed by atoms with Crippen LogP contribution in [0.1, 0.15) is 11.1 Å². The molecule has 6 nitrogen and oxygen atoms in total. The Morgan fingerprint density at radius 3 is 2.67 bits per heavy atom. The second-order valence-corrected chi connectivity index (χ2v) is 6.59. The number of anilines is 1. The van der Waals surface area contributed by atoms with E-state index in [2.05, 4.69) is 10.3 Å². The third kappa shape index (κ3) is 4.14. The molecule has 3 aromatic rings. The second kappa shape index (κ2) is 7.72. The van der Waals surface area contributed by atoms with E-state index in [1.165, 1.54) is 23.5 Å². The zero-order chi connectivity index (χ0) is 19.4. The summed E-state index contributed by atoms with van der Waals surface area (Å²) >= 11 is 1.26. The number of phenolic OH excluding ortho intramolecular Hbond substituents is 2. The number of nitriles is 1. The normalized spacial score (nSPS) is 11.0. The highest BCUT2D eigenvalue weighted by Gasteiger charge is 2.13. The number of benzene rings is 2. The maximum Gasteiger partial charge on any atom is 0.268 e. The van der Waals surface area contributed by atoms with Gasteiger partial charge in [0, 0.05) is 10.9 Å². The van der Waals surface area contributed by atoms with Crippen LogP contribution in [0.15, 0.2) is 53.4 Å². The first kappa shape index (κ1) is 18.2. The molecule has 0 bridgehead atoms. The molecular formula is C20H15N3O3S. The first-order valence-corrected chi connectivity index (χ1v) is 8.82. The molecule has 0 aliphatic heterocycles. The fraction of sp³-hybridized carbons (Fsp3) is 0.0500. The van der Waals surface area contributed by atoms with Crippen LogP contribution in [-0.2, 0) is 4.79 Å². The Labute approximate surface area is 159 Å². The summed E-state index contributed by atoms with van der Waals surface area (Å²) < 4.78 is 0. The molecule has 0 saturated carbocycles. The van der Waals surface area contributed by atoms with E-state index in [-0.39, 0.29) is 17.1 Å². The van der Waals surface area contributed by atoms with Gasteiger partial charge >= 0.3 is 0 Å². The molecule has 2 aromatic carbocycles. The Kier molecular flexibility index (Phi) is 5.20. The summed E-state index contributed by atoms with van der Waals surface area (Å²) in [7, 11) is 0. The van der Waals surface area contributed by atoms with Crippen LogP contribution in [0.25, 0.3) is 17.3 Å². The number of aryl methyl sites for hydroxylation is 1. The molecule has 0 aliphatic rings. The van der Waals surface area contributed by atoms with Crippen molar-refractivity contribution in [3.05, 3.63) is 64.5 Å². The molecule has 1 heterocycles. The van der Waals surface area contributed by atoms with Gasteiger partial charge in [0.25, 0.3) is 5.91 Å². The lowest BCUT2D eigenvalue weighted by Gasteiger charge is -2.04. The molecule has 0 radical (unpaired) electrons. The summed E-state index contributed by atoms with van der Waals surface area (Å²) in [5, 5.41) is 33.4. The molecule has 134 valence electrons. The molecule has 0 atom stereocenters. The molecule has 1 amide bonds. The minimum absolute atomic E-state index is 0.143. The molecule has 0 fully saturated rings. The van der Waals surface area contributed by atoms with Crippen LogP contribution in [0, 0.1) is 18.3 Å². The van der Waals surface area contributed by atoms with E-state index in [4.69, 9.17) is 0 Å². The monoisotopic (exact) mass is 377 g/mol. The summed E-state index contributed by atoms with van der Waals surface area (Å²) in [6.07, 6.45) is 1.34. The molecule has 27 heavy (non-hydrogen) atoms. The Morgan fingerprint density at radius 2 is 2.00 bits per heavy atom. The maximum absolute atomic E-state index is 12.4. The van der Waals surface area contributed by atoms with Crippen molar-refractivity contribution in [2.75, 3.05) is 5.32 Å². The van der Waals surface area contributed by atoms with Crippen molar-refractivity contribution in [3.63, 3.8) is 0 Å². The van der Waals surface area contributed by atoms with Gasteiger partial charge in [-0.15, -0.1) is 11.3 Å². The van der Waals surface area contributed by atoms with E-state index in [0.29, 0.717) is 16.3 Å². The molecule has 3 N–H and O–H groups in total. The van der Waals surface area contributed by atoms with Crippen molar-refractivity contribution in [2.24, 2.45) is 0 Å². The Bertz CT molecular complexity index is 1040. The van der Waals surface area contributed by atoms with Gasteiger partial charge in [-0.2, -0.15) is 5.26 Å². The molecule has 1 aromatic heterocycles. The number of hydrogen-bond acceptors (Lipinski definition) is 6. The lowest BCUT2D eigenvalue weighted by atomic mass is 10.1. The predicted octanol–water partition coefficient (Wildman–Crippen LogP) is 4.08. The van der Waals surface area contributed by atoms with Crippen molar-refractivity contribution in [3.8, 4) is 28.8 Å². The second-order valence-electron chi connectivity index (χ2n) is 5.73. The highest BCUT2D eigenvalue weighted by molar-refractivity contribution is 7.14. The van der Waals surface area contributed by atoms with Crippen LogP contribution in [0.3, 0.4) is 0 Å². The van der Waals surface area contributed by atoms with Crippen molar-refractivity contribution in [1.29, 1.82) is 5.26 Å². The third-order valence-corrected chi connectivity index (χ3v) is 4.53. The fourth-order valence-corrected chi connectivity index (χ4v) is 3.14. The number of thiazole rings is 1. The lowest BCUT2D eigenvalue weighted by molar-refractivity contribution is -0.112. The van der Waals surface area contributed by atoms with Crippen LogP contribution in [0.5, 0.6) is 11.5 Å². The predicted molar refractivity (Wildman–Crippen MR) is 104 cm³/mol. The number of phenols is 2. The molecule has 0 unspecified atom stereocenters. The van der Waals surface area contributed by atoms with E-state index in [9.17, 15) is 20.3 Å². The molecule has 0 spiro atoms. The van der Waals surface area contributed by atoms with Crippen LogP contribution < -0.4 is 5.32 Å². The van der Waals surface area contributed by atoms with E-state index in [1.807, 2.05) is 41.8 Å². The molecular weight excluding hydrogens is 362 g/mol. The first-order chi connectivity index (χ1) is 13.0. The van der Waals surface area contributed by atoms with Crippen LogP contribution >= 0.6 is 11.3 Å². The number of aromatic hydroxyl groups is 2. The highest BCUT2D eigenvalue weighted by Crippen LogP contribution is 2.30. The smallest absolute Gasteiger partial charge is 0.268 e. The fourth-order valence-electron chi connectivity index (χ4n) is 2.42. The van der Waals surface area contributed by atoms with Gasteiger partial charge < -0.3 is 10.2 Å². The Hall–Kier alpha value is -3.63. The number of amides is 1. The summed E-state index contributed by atoms with van der Waals surface area (Å²) in [5.74, 6) is -1.14. The lowest BCUT2D eigenvalue weighted by Crippen LogP contribution is -2.13. The average molecular weight is 377 g/mol. The summed E-state index contributed by atoms with van der Waals surface area (Å²) in [6, 6.07) is 14.2. The summed E-state index contributed by atoms with van der Waals surface area (Å²) in [5.41, 5.74) is 2.39. The van der Waals surface area contributed by atoms with Gasteiger partial charge in [0.05, 0.1) is 5.69 Å². The van der Waals surface area contributed by atoms with Crippen molar-refractivity contribution < 1.29 is 15.0 Å². The molecule has 3 rings (SSSR count). The van der Waals surface area contributed by atoms with Crippen molar-refractivity contribution in [1.82, 2.24) is 4.98 Å². The number of nitrogens with one attached hydrogen (secondary N) is 1. The van der Waals surface area contributed by atoms with Gasteiger partial charge in [-0.3, -0.25) is 10.1 Å². The van der Waals surface area contributed by atoms with E-state index < -0.39 is 5.91 Å². The Morgan fingerprint density at radius 1 is 1.26 bits per heavy atom. The van der Waals surface area contributed by atoms with E-state index in [0.717, 1.165) is 11.3 Å². The molecule has 0 saturated heterocycles. The third-order valence-electron chi connectivity index (χ3n) is 3.77. The van der Waals surface area contributed by atoms with Gasteiger partial charge in [-0.1, -0.05) is 30.3 Å². The number of rotatable bonds is 4. The van der Waals surface area contributed by atoms with Gasteiger partial charge in [0.1, 0.15) is 11.6 Å². The van der Waals surface area contributed by atoms with Crippen LogP contribution in [-0.4, -0.2) is 21.1 Å². The van der Waals surface area contributed by atoms with Gasteiger partial charge in [-0.05, 0) is 36.3 Å². The quantitative estimate of drug-likeness (QED) is 0.361. The SMILES string of the molecule is Cc1cc(/C=C(\C#N)C(=O)Nc2nc(-c3ccccc3)cs2)cc(O)c1O. The van der Waals surface area contributed by atoms with Gasteiger partial charge in [0.15, 0.2) is 16.6 Å². The Balaban J connectivity index is 1.80. The maximum atomic E-state index is 12.4. The summed E-state index contributed by atoms with van der Waals surface area (Å²) in [4.78, 5) is 16.7. The van der Waals surface area contributed by atoms with E-state index in [1.54, 1.807) is 13.0 Å². The minimum Gasteiger partial charge on any atom is -0.504 e. The van der Waals surface area contributed by atoms with Crippen LogP contribution in [0.4, 0.5) is 5.13 Å². The number of aromatic nitrogens is 1. The van der Waals surface area contributed by atoms with Crippen molar-refractivity contribution >= 4 is 28.5 Å². The number of carbonyl (C=O) groups excluding carboxylic acids is 1. The summed E-state index contributed by atoms with van der Waals surface area (Å²) in [6.45, 7) is 1.61. The zero-order valence-electron chi connectivity index (χ0n) is 14.3. The van der Waals surface area contributed by atoms with Crippen molar-refractivity contribution in [2.45, 2.75) is 6.92 Å². The number of hydrogen-bond donors (Lipinski definition) is 3. The molecule has 0 aliphatic carbocycles. The minimum atomic E-state index is -0.600. The first-order valence-electron chi connectivity index (χ1n) is 7.94. The van der Waals surface area contributed by atoms with Crippen LogP contribution in [0.2, 0.25) is 0 Å². The largest absolute Gasteiger partial charge is 0.504 e. The van der Waals surface area contributed by atoms with Gasteiger partial charge in [0.2, 0.25) is 0 Å². The standard InChI is InChI=1S/C20H15N3O3S/c1-12-7-13(9-17(24)18(12)25)8-15(10-21)19(26)23-20-22-16(11-27-20)14-5-3-2-4-6-14/h2-9,11,24-25H,1H3,(H,22,23,26)/b15-8+. The van der Waals surface area contributed by atoms with E-state index >= 15 is 0 Å². The zero-order valence-corrected chi connectivity index (χ0v) is 15.1. The highest BCUT2D eigenvalue weighted by atomic mass is 32.1. The van der Waals surface area contributed by atoms with Gasteiger partial charge in [-0.25, -0.2) is 4.98 Å². The number of nitrogens with zero attached hydrogens (tertiary/aromatic N) is 2.